The summed E-state index contributed by atoms with van der Waals surface area (Å²) in [5, 5.41) is 3.35. The largest absolute Gasteiger partial charge is 0.497 e. The summed E-state index contributed by atoms with van der Waals surface area (Å²) in [6.07, 6.45) is 0. The van der Waals surface area contributed by atoms with E-state index in [2.05, 4.69) is 49.5 Å². The quantitative estimate of drug-likeness (QED) is 0.857. The van der Waals surface area contributed by atoms with Crippen LogP contribution in [0.2, 0.25) is 0 Å². The molecule has 0 bridgehead atoms. The molecule has 0 aliphatic rings. The Balaban J connectivity index is 2.08. The van der Waals surface area contributed by atoms with Crippen molar-refractivity contribution in [3.63, 3.8) is 0 Å². The van der Waals surface area contributed by atoms with E-state index in [1.54, 1.807) is 18.9 Å². The first-order chi connectivity index (χ1) is 9.72. The van der Waals surface area contributed by atoms with Crippen LogP contribution in [-0.2, 0) is 6.54 Å². The highest BCUT2D eigenvalue weighted by Gasteiger charge is 2.03. The summed E-state index contributed by atoms with van der Waals surface area (Å²) in [5.41, 5.74) is 2.66. The molecule has 0 aliphatic carbocycles. The van der Waals surface area contributed by atoms with Crippen molar-refractivity contribution in [3.05, 3.63) is 53.6 Å². The van der Waals surface area contributed by atoms with Crippen molar-refractivity contribution < 1.29 is 4.74 Å². The maximum atomic E-state index is 5.18. The summed E-state index contributed by atoms with van der Waals surface area (Å²) in [6.45, 7) is 6.23. The number of ether oxygens (including phenoxy) is 1. The molecule has 0 amide bonds. The molecule has 0 radical (unpaired) electrons. The van der Waals surface area contributed by atoms with E-state index >= 15 is 0 Å². The van der Waals surface area contributed by atoms with Crippen molar-refractivity contribution in [1.82, 2.24) is 5.32 Å². The van der Waals surface area contributed by atoms with Crippen LogP contribution < -0.4 is 10.1 Å². The molecule has 106 valence electrons. The van der Waals surface area contributed by atoms with E-state index in [9.17, 15) is 0 Å². The monoisotopic (exact) mass is 287 g/mol. The molecule has 2 rings (SSSR count). The van der Waals surface area contributed by atoms with E-state index in [4.69, 9.17) is 4.74 Å². The SMILES string of the molecule is CCNCc1ccc(Sc2ccc(OC)cc2)c(C)c1. The van der Waals surface area contributed by atoms with Gasteiger partial charge in [0.25, 0.3) is 0 Å². The number of hydrogen-bond acceptors (Lipinski definition) is 3. The standard InChI is InChI=1S/C17H21NOS/c1-4-18-12-14-5-10-17(13(2)11-14)20-16-8-6-15(19-3)7-9-16/h5-11,18H,4,12H2,1-3H3. The highest BCUT2D eigenvalue weighted by Crippen LogP contribution is 2.31. The Morgan fingerprint density at radius 1 is 1.10 bits per heavy atom. The van der Waals surface area contributed by atoms with E-state index in [1.807, 2.05) is 12.1 Å². The van der Waals surface area contributed by atoms with Gasteiger partial charge in [0.05, 0.1) is 7.11 Å². The Morgan fingerprint density at radius 2 is 1.85 bits per heavy atom. The second kappa shape index (κ2) is 7.36. The number of methoxy groups -OCH3 is 1. The lowest BCUT2D eigenvalue weighted by atomic mass is 10.1. The van der Waals surface area contributed by atoms with Crippen LogP contribution in [0.3, 0.4) is 0 Å². The minimum Gasteiger partial charge on any atom is -0.497 e. The lowest BCUT2D eigenvalue weighted by molar-refractivity contribution is 0.414. The molecule has 0 heterocycles. The highest BCUT2D eigenvalue weighted by atomic mass is 32.2. The Hall–Kier alpha value is -1.45. The molecule has 0 aliphatic heterocycles. The van der Waals surface area contributed by atoms with Gasteiger partial charge in [-0.3, -0.25) is 0 Å². The first-order valence-corrected chi connectivity index (χ1v) is 7.66. The molecular formula is C17H21NOS. The van der Waals surface area contributed by atoms with Crippen molar-refractivity contribution in [3.8, 4) is 5.75 Å². The lowest BCUT2D eigenvalue weighted by Gasteiger charge is -2.09. The van der Waals surface area contributed by atoms with Gasteiger partial charge in [0.1, 0.15) is 5.75 Å². The van der Waals surface area contributed by atoms with Crippen molar-refractivity contribution in [2.75, 3.05) is 13.7 Å². The first-order valence-electron chi connectivity index (χ1n) is 6.85. The Morgan fingerprint density at radius 3 is 2.45 bits per heavy atom. The normalized spacial score (nSPS) is 10.6. The van der Waals surface area contributed by atoms with Crippen LogP contribution in [0.5, 0.6) is 5.75 Å². The van der Waals surface area contributed by atoms with Gasteiger partial charge in [-0.15, -0.1) is 0 Å². The molecule has 0 aromatic heterocycles. The Labute approximate surface area is 125 Å². The van der Waals surface area contributed by atoms with Gasteiger partial charge in [0.15, 0.2) is 0 Å². The molecular weight excluding hydrogens is 266 g/mol. The van der Waals surface area contributed by atoms with Crippen LogP contribution >= 0.6 is 11.8 Å². The molecule has 0 saturated carbocycles. The molecule has 0 spiro atoms. The van der Waals surface area contributed by atoms with Gasteiger partial charge < -0.3 is 10.1 Å². The molecule has 0 atom stereocenters. The average Bonchev–Trinajstić information content (AvgIpc) is 2.48. The smallest absolute Gasteiger partial charge is 0.118 e. The van der Waals surface area contributed by atoms with Gasteiger partial charge in [-0.25, -0.2) is 0 Å². The van der Waals surface area contributed by atoms with Gasteiger partial charge in [-0.2, -0.15) is 0 Å². The van der Waals surface area contributed by atoms with Gasteiger partial charge >= 0.3 is 0 Å². The van der Waals surface area contributed by atoms with Crippen molar-refractivity contribution in [2.24, 2.45) is 0 Å². The number of benzene rings is 2. The molecule has 20 heavy (non-hydrogen) atoms. The summed E-state index contributed by atoms with van der Waals surface area (Å²) in [5.74, 6) is 0.895. The third kappa shape index (κ3) is 4.02. The minimum atomic E-state index is 0.895. The van der Waals surface area contributed by atoms with Crippen molar-refractivity contribution in [2.45, 2.75) is 30.2 Å². The maximum Gasteiger partial charge on any atom is 0.118 e. The van der Waals surface area contributed by atoms with E-state index < -0.39 is 0 Å². The molecule has 0 unspecified atom stereocenters. The Kier molecular flexibility index (Phi) is 5.50. The summed E-state index contributed by atoms with van der Waals surface area (Å²) in [7, 11) is 1.69. The second-order valence-electron chi connectivity index (χ2n) is 4.66. The lowest BCUT2D eigenvalue weighted by Crippen LogP contribution is -2.11. The summed E-state index contributed by atoms with van der Waals surface area (Å²) in [6, 6.07) is 14.8. The predicted octanol–water partition coefficient (Wildman–Crippen LogP) is 4.26. The average molecular weight is 287 g/mol. The fourth-order valence-corrected chi connectivity index (χ4v) is 2.86. The molecule has 0 saturated heterocycles. The van der Waals surface area contributed by atoms with Crippen LogP contribution in [-0.4, -0.2) is 13.7 Å². The number of nitrogens with one attached hydrogen (secondary N) is 1. The Bertz CT molecular complexity index is 551. The van der Waals surface area contributed by atoms with E-state index in [-0.39, 0.29) is 0 Å². The topological polar surface area (TPSA) is 21.3 Å². The molecule has 2 nitrogen and oxygen atoms in total. The summed E-state index contributed by atoms with van der Waals surface area (Å²) >= 11 is 1.79. The van der Waals surface area contributed by atoms with Crippen LogP contribution in [0.4, 0.5) is 0 Å². The molecule has 3 heteroatoms. The number of hydrogen-bond donors (Lipinski definition) is 1. The van der Waals surface area contributed by atoms with Crippen LogP contribution in [0.1, 0.15) is 18.1 Å². The van der Waals surface area contributed by atoms with E-state index in [1.165, 1.54) is 20.9 Å². The third-order valence-corrected chi connectivity index (χ3v) is 4.29. The predicted molar refractivity (Wildman–Crippen MR) is 85.7 cm³/mol. The summed E-state index contributed by atoms with van der Waals surface area (Å²) < 4.78 is 5.18. The number of aryl methyl sites for hydroxylation is 1. The number of rotatable bonds is 6. The van der Waals surface area contributed by atoms with Crippen LogP contribution in [0.25, 0.3) is 0 Å². The van der Waals surface area contributed by atoms with E-state index in [0.29, 0.717) is 0 Å². The van der Waals surface area contributed by atoms with Crippen molar-refractivity contribution in [1.29, 1.82) is 0 Å². The molecule has 1 N–H and O–H groups in total. The maximum absolute atomic E-state index is 5.18. The zero-order valence-corrected chi connectivity index (χ0v) is 13.1. The molecule has 2 aromatic carbocycles. The van der Waals surface area contributed by atoms with Crippen molar-refractivity contribution >= 4 is 11.8 Å². The zero-order valence-electron chi connectivity index (χ0n) is 12.3. The van der Waals surface area contributed by atoms with E-state index in [0.717, 1.165) is 18.8 Å². The molecule has 0 fully saturated rings. The summed E-state index contributed by atoms with van der Waals surface area (Å²) in [4.78, 5) is 2.53. The second-order valence-corrected chi connectivity index (χ2v) is 5.77. The van der Waals surface area contributed by atoms with Gasteiger partial charge in [-0.1, -0.05) is 30.8 Å². The minimum absolute atomic E-state index is 0.895. The zero-order chi connectivity index (χ0) is 14.4. The highest BCUT2D eigenvalue weighted by molar-refractivity contribution is 7.99. The van der Waals surface area contributed by atoms with Gasteiger partial charge in [0, 0.05) is 16.3 Å². The third-order valence-electron chi connectivity index (χ3n) is 3.11. The van der Waals surface area contributed by atoms with Crippen LogP contribution in [0, 0.1) is 6.92 Å². The van der Waals surface area contributed by atoms with Gasteiger partial charge in [0.2, 0.25) is 0 Å². The fourth-order valence-electron chi connectivity index (χ4n) is 1.98. The fraction of sp³-hybridized carbons (Fsp3) is 0.294. The van der Waals surface area contributed by atoms with Gasteiger partial charge in [-0.05, 0) is 54.9 Å². The van der Waals surface area contributed by atoms with Crippen LogP contribution in [0.15, 0.2) is 52.3 Å². The first kappa shape index (κ1) is 14.9. The molecule has 2 aromatic rings.